The van der Waals surface area contributed by atoms with Gasteiger partial charge in [0.05, 0.1) is 36.5 Å². The largest absolute Gasteiger partial charge is 0.434 e. The Balaban J connectivity index is 1.21. The van der Waals surface area contributed by atoms with Crippen molar-refractivity contribution >= 4 is 39.7 Å². The summed E-state index contributed by atoms with van der Waals surface area (Å²) in [5.74, 6) is -0.343. The van der Waals surface area contributed by atoms with Crippen LogP contribution in [0.1, 0.15) is 29.5 Å². The van der Waals surface area contributed by atoms with Crippen LogP contribution in [-0.4, -0.2) is 29.4 Å². The van der Waals surface area contributed by atoms with Gasteiger partial charge in [-0.25, -0.2) is 0 Å². The number of carbonyl (C=O) groups excluding carboxylic acids is 2. The van der Waals surface area contributed by atoms with Crippen molar-refractivity contribution in [3.63, 3.8) is 0 Å². The smallest absolute Gasteiger partial charge is 0.315 e. The van der Waals surface area contributed by atoms with Gasteiger partial charge in [-0.05, 0) is 48.2 Å². The SMILES string of the molecule is O=C(Cc1c[nH]c2ccccc12)O/C=C1\C=C2C(=O)N(Cc3ccccc3)c3cccc(c32)N2CCCC12. The highest BCUT2D eigenvalue weighted by Crippen LogP contribution is 2.48. The fourth-order valence-corrected chi connectivity index (χ4v) is 6.07. The summed E-state index contributed by atoms with van der Waals surface area (Å²) in [7, 11) is 0. The number of para-hydroxylation sites is 1. The first-order valence-electron chi connectivity index (χ1n) is 13.1. The van der Waals surface area contributed by atoms with Crippen molar-refractivity contribution < 1.29 is 14.3 Å². The number of hydrogen-bond acceptors (Lipinski definition) is 4. The number of nitrogens with zero attached hydrogens (tertiary/aromatic N) is 2. The van der Waals surface area contributed by atoms with Crippen molar-refractivity contribution in [1.82, 2.24) is 4.98 Å². The van der Waals surface area contributed by atoms with Gasteiger partial charge in [0.2, 0.25) is 0 Å². The number of esters is 1. The maximum Gasteiger partial charge on any atom is 0.315 e. The second-order valence-corrected chi connectivity index (χ2v) is 10.1. The maximum absolute atomic E-state index is 13.8. The molecule has 6 nitrogen and oxygen atoms in total. The molecule has 6 heteroatoms. The Hall–Kier alpha value is -4.58. The molecule has 1 N–H and O–H groups in total. The van der Waals surface area contributed by atoms with Gasteiger partial charge in [-0.2, -0.15) is 0 Å². The van der Waals surface area contributed by atoms with Crippen molar-refractivity contribution in [3.8, 4) is 0 Å². The molecule has 1 aromatic heterocycles. The highest BCUT2D eigenvalue weighted by atomic mass is 16.5. The van der Waals surface area contributed by atoms with Gasteiger partial charge in [0.15, 0.2) is 0 Å². The molecule has 0 aliphatic carbocycles. The minimum atomic E-state index is -0.323. The van der Waals surface area contributed by atoms with Gasteiger partial charge in [0.25, 0.3) is 5.91 Å². The summed E-state index contributed by atoms with van der Waals surface area (Å²) < 4.78 is 5.72. The number of aromatic nitrogens is 1. The van der Waals surface area contributed by atoms with Gasteiger partial charge in [0.1, 0.15) is 0 Å². The third-order valence-electron chi connectivity index (χ3n) is 7.83. The van der Waals surface area contributed by atoms with Crippen LogP contribution >= 0.6 is 0 Å². The second kappa shape index (κ2) is 9.06. The molecule has 188 valence electrons. The van der Waals surface area contributed by atoms with Crippen LogP contribution in [0.15, 0.2) is 96.9 Å². The lowest BCUT2D eigenvalue weighted by atomic mass is 10.0. The number of hydrogen-bond donors (Lipinski definition) is 1. The number of H-pyrrole nitrogens is 1. The van der Waals surface area contributed by atoms with Gasteiger partial charge in [-0.1, -0.05) is 54.6 Å². The van der Waals surface area contributed by atoms with E-state index in [1.54, 1.807) is 6.26 Å². The van der Waals surface area contributed by atoms with E-state index in [4.69, 9.17) is 4.74 Å². The van der Waals surface area contributed by atoms with Crippen LogP contribution in [0.2, 0.25) is 0 Å². The van der Waals surface area contributed by atoms with E-state index >= 15 is 0 Å². The number of amides is 1. The van der Waals surface area contributed by atoms with Crippen LogP contribution in [0.25, 0.3) is 16.5 Å². The summed E-state index contributed by atoms with van der Waals surface area (Å²) in [6.45, 7) is 1.41. The number of carbonyl (C=O) groups is 2. The summed E-state index contributed by atoms with van der Waals surface area (Å²) in [5.41, 5.74) is 7.51. The van der Waals surface area contributed by atoms with Crippen molar-refractivity contribution in [1.29, 1.82) is 0 Å². The van der Waals surface area contributed by atoms with Gasteiger partial charge in [-0.3, -0.25) is 9.59 Å². The molecule has 1 atom stereocenters. The standard InChI is InChI=1S/C32H27N3O3/c36-30(17-22-18-33-26-11-5-4-10-24(22)26)38-20-23-16-25-31-28(34-15-7-14-27(23)34)12-6-13-29(31)35(32(25)37)19-21-8-2-1-3-9-21/h1-6,8-13,16,18,20,27,33H,7,14-15,17,19H2/b23-20+. The zero-order valence-electron chi connectivity index (χ0n) is 20.9. The molecule has 0 radical (unpaired) electrons. The third-order valence-corrected chi connectivity index (χ3v) is 7.83. The average Bonchev–Trinajstić information content (AvgIpc) is 3.63. The molecule has 1 unspecified atom stereocenters. The Labute approximate surface area is 220 Å². The normalized spacial score (nSPS) is 18.9. The Morgan fingerprint density at radius 2 is 1.82 bits per heavy atom. The van der Waals surface area contributed by atoms with Crippen LogP contribution in [0.5, 0.6) is 0 Å². The number of ether oxygens (including phenoxy) is 1. The molecule has 4 aromatic rings. The van der Waals surface area contributed by atoms with E-state index in [1.165, 1.54) is 0 Å². The summed E-state index contributed by atoms with van der Waals surface area (Å²) >= 11 is 0. The van der Waals surface area contributed by atoms with Gasteiger partial charge >= 0.3 is 5.97 Å². The molecule has 1 amide bonds. The zero-order chi connectivity index (χ0) is 25.6. The van der Waals surface area contributed by atoms with Crippen molar-refractivity contribution in [3.05, 3.63) is 114 Å². The number of anilines is 2. The highest BCUT2D eigenvalue weighted by molar-refractivity contribution is 6.34. The number of nitrogens with one attached hydrogen (secondary N) is 1. The van der Waals surface area contributed by atoms with E-state index in [1.807, 2.05) is 83.9 Å². The van der Waals surface area contributed by atoms with E-state index in [2.05, 4.69) is 16.0 Å². The lowest BCUT2D eigenvalue weighted by Gasteiger charge is -2.28. The Morgan fingerprint density at radius 1 is 1.00 bits per heavy atom. The first-order chi connectivity index (χ1) is 18.7. The Bertz CT molecular complexity index is 1630. The van der Waals surface area contributed by atoms with Gasteiger partial charge in [-0.15, -0.1) is 0 Å². The fraction of sp³-hybridized carbons (Fsp3) is 0.188. The highest BCUT2D eigenvalue weighted by Gasteiger charge is 2.41. The first kappa shape index (κ1) is 22.6. The summed E-state index contributed by atoms with van der Waals surface area (Å²) in [6, 6.07) is 24.2. The number of rotatable bonds is 5. The summed E-state index contributed by atoms with van der Waals surface area (Å²) in [6.07, 6.45) is 7.55. The number of fused-ring (bicyclic) bond motifs is 3. The van der Waals surface area contributed by atoms with E-state index in [0.29, 0.717) is 12.1 Å². The zero-order valence-corrected chi connectivity index (χ0v) is 20.9. The number of benzene rings is 3. The molecule has 4 heterocycles. The number of aromatic amines is 1. The van der Waals surface area contributed by atoms with Crippen LogP contribution < -0.4 is 9.80 Å². The van der Waals surface area contributed by atoms with Crippen molar-refractivity contribution in [2.75, 3.05) is 16.3 Å². The van der Waals surface area contributed by atoms with Crippen LogP contribution in [-0.2, 0) is 27.3 Å². The molecule has 0 saturated carbocycles. The molecule has 3 aliphatic heterocycles. The third kappa shape index (κ3) is 3.72. The Kier molecular flexibility index (Phi) is 5.39. The van der Waals surface area contributed by atoms with Crippen LogP contribution in [0, 0.1) is 0 Å². The Morgan fingerprint density at radius 3 is 2.71 bits per heavy atom. The lowest BCUT2D eigenvalue weighted by Crippen LogP contribution is -2.31. The van der Waals surface area contributed by atoms with Crippen molar-refractivity contribution in [2.45, 2.75) is 31.8 Å². The molecular weight excluding hydrogens is 474 g/mol. The molecule has 0 bridgehead atoms. The van der Waals surface area contributed by atoms with Crippen LogP contribution in [0.3, 0.4) is 0 Å². The minimum Gasteiger partial charge on any atom is -0.434 e. The average molecular weight is 502 g/mol. The van der Waals surface area contributed by atoms with E-state index in [0.717, 1.165) is 63.9 Å². The lowest BCUT2D eigenvalue weighted by molar-refractivity contribution is -0.137. The van der Waals surface area contributed by atoms with E-state index in [-0.39, 0.29) is 24.3 Å². The molecule has 3 aromatic carbocycles. The fourth-order valence-electron chi connectivity index (χ4n) is 6.07. The predicted octanol–water partition coefficient (Wildman–Crippen LogP) is 5.75. The van der Waals surface area contributed by atoms with E-state index in [9.17, 15) is 9.59 Å². The monoisotopic (exact) mass is 501 g/mol. The van der Waals surface area contributed by atoms with Gasteiger partial charge in [0, 0.05) is 40.5 Å². The maximum atomic E-state index is 13.8. The second-order valence-electron chi connectivity index (χ2n) is 10.1. The quantitative estimate of drug-likeness (QED) is 0.279. The molecule has 0 spiro atoms. The molecule has 3 aliphatic rings. The van der Waals surface area contributed by atoms with Gasteiger partial charge < -0.3 is 19.5 Å². The molecule has 7 rings (SSSR count). The molecule has 38 heavy (non-hydrogen) atoms. The molecular formula is C32H27N3O3. The summed E-state index contributed by atoms with van der Waals surface area (Å²) in [4.78, 5) is 34.1. The minimum absolute atomic E-state index is 0.0199. The first-order valence-corrected chi connectivity index (χ1v) is 13.1. The summed E-state index contributed by atoms with van der Waals surface area (Å²) in [5, 5.41) is 1.02. The molecule has 1 fully saturated rings. The van der Waals surface area contributed by atoms with Crippen molar-refractivity contribution in [2.24, 2.45) is 0 Å². The van der Waals surface area contributed by atoms with Crippen LogP contribution in [0.4, 0.5) is 11.4 Å². The topological polar surface area (TPSA) is 65.6 Å². The van der Waals surface area contributed by atoms with E-state index < -0.39 is 0 Å². The predicted molar refractivity (Wildman–Crippen MR) is 149 cm³/mol. The molecule has 1 saturated heterocycles.